The molecule has 0 saturated carbocycles. The fourth-order valence-electron chi connectivity index (χ4n) is 1.83. The van der Waals surface area contributed by atoms with Crippen molar-refractivity contribution >= 4 is 20.2 Å². The van der Waals surface area contributed by atoms with Crippen molar-refractivity contribution in [2.24, 2.45) is 0 Å². The Balaban J connectivity index is -0.000000367. The van der Waals surface area contributed by atoms with E-state index >= 15 is 0 Å². The van der Waals surface area contributed by atoms with Crippen LogP contribution in [0.3, 0.4) is 0 Å². The number of hydrogen-bond donors (Lipinski definition) is 0. The first-order valence-electron chi connectivity index (χ1n) is 8.66. The first-order chi connectivity index (χ1) is 18.3. The fourth-order valence-corrected chi connectivity index (χ4v) is 2.71. The van der Waals surface area contributed by atoms with Crippen LogP contribution in [0.1, 0.15) is 0 Å². The summed E-state index contributed by atoms with van der Waals surface area (Å²) in [4.78, 5) is 0. The Morgan fingerprint density at radius 2 is 0.522 bits per heavy atom. The van der Waals surface area contributed by atoms with E-state index in [0.29, 0.717) is 0 Å². The Hall–Kier alpha value is 1.41. The van der Waals surface area contributed by atoms with Gasteiger partial charge in [-0.3, -0.25) is 0 Å². The van der Waals surface area contributed by atoms with Crippen molar-refractivity contribution in [3.8, 4) is 0 Å². The second-order valence-electron chi connectivity index (χ2n) is 7.29. The maximum Gasteiger partial charge on any atom is 1.00 e. The van der Waals surface area contributed by atoms with Crippen molar-refractivity contribution in [1.82, 2.24) is 0 Å². The van der Waals surface area contributed by atoms with Gasteiger partial charge in [0.1, 0.15) is 0 Å². The summed E-state index contributed by atoms with van der Waals surface area (Å²) < 4.78 is 354. The van der Waals surface area contributed by atoms with Crippen molar-refractivity contribution in [2.45, 2.75) is 70.7 Å². The minimum absolute atomic E-state index is 0. The van der Waals surface area contributed by atoms with Gasteiger partial charge in [-0.1, -0.05) is 0 Å². The van der Waals surface area contributed by atoms with Crippen LogP contribution in [0.2, 0.25) is 0 Å². The molecule has 0 saturated heterocycles. The predicted molar refractivity (Wildman–Crippen MR) is 80.9 cm³/mol. The van der Waals surface area contributed by atoms with Crippen molar-refractivity contribution in [2.75, 3.05) is 0 Å². The molecule has 0 bridgehead atoms. The molecular weight excluding hydrogens is 838 g/mol. The van der Waals surface area contributed by atoms with Crippen LogP contribution in [0, 0.1) is 0 Å². The van der Waals surface area contributed by atoms with Crippen LogP contribution in [0.25, 0.3) is 0 Å². The average Bonchev–Trinajstić information content (AvgIpc) is 2.74. The van der Waals surface area contributed by atoms with E-state index in [-0.39, 0.29) is 103 Å². The van der Waals surface area contributed by atoms with E-state index in [9.17, 15) is 131 Å². The van der Waals surface area contributed by atoms with E-state index in [1.54, 1.807) is 0 Å². The molecule has 0 aliphatic heterocycles. The van der Waals surface area contributed by atoms with Crippen molar-refractivity contribution < 1.29 is 234 Å². The third kappa shape index (κ3) is 9.44. The topological polar surface area (TPSA) is 114 Å². The van der Waals surface area contributed by atoms with Gasteiger partial charge in [-0.25, -0.2) is 25.6 Å². The first kappa shape index (κ1) is 54.2. The maximum absolute atomic E-state index is 12.7. The summed E-state index contributed by atoms with van der Waals surface area (Å²) in [5.41, 5.74) is 0. The van der Waals surface area contributed by atoms with E-state index in [0.717, 1.165) is 0 Å². The van der Waals surface area contributed by atoms with Gasteiger partial charge in [0.05, 0.1) is 0 Å². The van der Waals surface area contributed by atoms with Gasteiger partial charge >= 0.3 is 161 Å². The summed E-state index contributed by atoms with van der Waals surface area (Å²) in [5.74, 6) is -46.5. The van der Waals surface area contributed by atoms with Crippen molar-refractivity contribution in [1.29, 1.82) is 0 Å². The second kappa shape index (κ2) is 15.2. The number of halogens is 24. The van der Waals surface area contributed by atoms with Crippen LogP contribution in [0.15, 0.2) is 0 Å². The number of rotatable bonds is 10. The summed E-state index contributed by atoms with van der Waals surface area (Å²) in [5, 5.41) is -14.9. The molecule has 0 radical (unpaired) electrons. The molecule has 2 atom stereocenters. The number of alkyl halides is 24. The van der Waals surface area contributed by atoms with Gasteiger partial charge in [-0.05, 0) is 0 Å². The van der Waals surface area contributed by atoms with Gasteiger partial charge < -0.3 is 9.11 Å². The van der Waals surface area contributed by atoms with E-state index < -0.39 is 91.0 Å². The summed E-state index contributed by atoms with van der Waals surface area (Å²) in [6.07, 6.45) is -25.9. The standard InChI is InChI=1S/2C6H2F12O3S.2K/c2*7-1(3(10,11)12)2(8,9)4(13,14)5(15,16)6(17,18)22(19,20)21;;/h2*1H,(H,19,20,21);;/q;;2*+1/p-2. The Morgan fingerprint density at radius 3 is 0.630 bits per heavy atom. The molecular formula is C12H2F24K2O6S2. The van der Waals surface area contributed by atoms with Crippen LogP contribution < -0.4 is 103 Å². The van der Waals surface area contributed by atoms with Crippen LogP contribution in [0.5, 0.6) is 0 Å². The monoisotopic (exact) mass is 840 g/mol. The summed E-state index contributed by atoms with van der Waals surface area (Å²) in [6.45, 7) is 0. The minimum atomic E-state index is -7.88. The van der Waals surface area contributed by atoms with E-state index in [1.807, 2.05) is 0 Å². The molecule has 0 aromatic carbocycles. The van der Waals surface area contributed by atoms with Crippen LogP contribution >= 0.6 is 0 Å². The molecule has 0 amide bonds. The van der Waals surface area contributed by atoms with Gasteiger partial charge in [-0.2, -0.15) is 96.6 Å². The van der Waals surface area contributed by atoms with Gasteiger partial charge in [-0.15, -0.1) is 0 Å². The van der Waals surface area contributed by atoms with E-state index in [2.05, 4.69) is 0 Å². The molecule has 0 aromatic rings. The molecule has 6 nitrogen and oxygen atoms in total. The fraction of sp³-hybridized carbons (Fsp3) is 1.00. The molecule has 0 aromatic heterocycles. The SMILES string of the molecule is O=S(=O)([O-])C(F)(F)C(F)(F)C(F)(F)C(F)(F)C(F)C(F)(F)F.O=S(=O)([O-])C(F)(F)C(F)(F)C(F)(F)C(F)(F)C(F)C(F)(F)F.[K+].[K+]. The molecule has 2 unspecified atom stereocenters. The first-order valence-corrected chi connectivity index (χ1v) is 11.5. The van der Waals surface area contributed by atoms with Crippen LogP contribution in [-0.4, -0.2) is 96.7 Å². The minimum Gasteiger partial charge on any atom is -0.743 e. The van der Waals surface area contributed by atoms with Gasteiger partial charge in [0.25, 0.3) is 12.3 Å². The quantitative estimate of drug-likeness (QED) is 0.172. The molecule has 46 heavy (non-hydrogen) atoms. The molecule has 0 N–H and O–H groups in total. The molecule has 34 heteroatoms. The zero-order chi connectivity index (χ0) is 37.2. The van der Waals surface area contributed by atoms with Gasteiger partial charge in [0, 0.05) is 0 Å². The van der Waals surface area contributed by atoms with Crippen LogP contribution in [-0.2, 0) is 20.2 Å². The normalized spacial score (nSPS) is 16.7. The molecule has 0 fully saturated rings. The molecule has 0 spiro atoms. The maximum atomic E-state index is 12.7. The second-order valence-corrected chi connectivity index (χ2v) is 10.1. The molecule has 0 aliphatic carbocycles. The van der Waals surface area contributed by atoms with Gasteiger partial charge in [0.15, 0.2) is 20.2 Å². The molecule has 0 heterocycles. The van der Waals surface area contributed by atoms with Gasteiger partial charge in [0.2, 0.25) is 0 Å². The predicted octanol–water partition coefficient (Wildman–Crippen LogP) is -0.131. The van der Waals surface area contributed by atoms with Crippen molar-refractivity contribution in [3.63, 3.8) is 0 Å². The van der Waals surface area contributed by atoms with Crippen LogP contribution in [0.4, 0.5) is 105 Å². The summed E-state index contributed by atoms with van der Waals surface area (Å²) in [6, 6.07) is 0. The Labute approximate surface area is 321 Å². The molecule has 0 rings (SSSR count). The number of hydrogen-bond acceptors (Lipinski definition) is 6. The van der Waals surface area contributed by atoms with E-state index in [4.69, 9.17) is 0 Å². The summed E-state index contributed by atoms with van der Waals surface area (Å²) >= 11 is 0. The zero-order valence-electron chi connectivity index (χ0n) is 20.5. The smallest absolute Gasteiger partial charge is 0.743 e. The summed E-state index contributed by atoms with van der Waals surface area (Å²) in [7, 11) is -15.4. The Kier molecular flexibility index (Phi) is 17.9. The average molecular weight is 840 g/mol. The Morgan fingerprint density at radius 1 is 0.370 bits per heavy atom. The van der Waals surface area contributed by atoms with Crippen molar-refractivity contribution in [3.05, 3.63) is 0 Å². The Bertz CT molecular complexity index is 1150. The largest absolute Gasteiger partial charge is 1.00 e. The molecule has 268 valence electrons. The van der Waals surface area contributed by atoms with E-state index in [1.165, 1.54) is 0 Å². The third-order valence-corrected chi connectivity index (χ3v) is 5.97. The molecule has 0 aliphatic rings. The third-order valence-electron chi connectivity index (χ3n) is 4.20. The zero-order valence-corrected chi connectivity index (χ0v) is 28.4.